The summed E-state index contributed by atoms with van der Waals surface area (Å²) >= 11 is 0. The van der Waals surface area contributed by atoms with Gasteiger partial charge in [-0.2, -0.15) is 5.10 Å². The van der Waals surface area contributed by atoms with Crippen LogP contribution in [0, 0.1) is 0 Å². The number of aromatic nitrogens is 2. The maximum Gasteiger partial charge on any atom is 0.242 e. The van der Waals surface area contributed by atoms with Gasteiger partial charge in [-0.25, -0.2) is 0 Å². The fraction of sp³-hybridized carbons (Fsp3) is 0.474. The number of rotatable bonds is 6. The number of nitrogens with one attached hydrogen (secondary N) is 1. The van der Waals surface area contributed by atoms with E-state index in [0.29, 0.717) is 24.9 Å². The molecule has 0 saturated carbocycles. The number of amides is 1. The van der Waals surface area contributed by atoms with Crippen molar-refractivity contribution < 1.29 is 14.3 Å². The summed E-state index contributed by atoms with van der Waals surface area (Å²) in [5, 5.41) is 7.52. The lowest BCUT2D eigenvalue weighted by molar-refractivity contribution is -0.130. The minimum Gasteiger partial charge on any atom is -0.493 e. The van der Waals surface area contributed by atoms with Gasteiger partial charge in [0.15, 0.2) is 11.5 Å². The predicted octanol–water partition coefficient (Wildman–Crippen LogP) is 2.48. The number of benzene rings is 1. The highest BCUT2D eigenvalue weighted by Crippen LogP contribution is 2.33. The Hall–Kier alpha value is -2.70. The average Bonchev–Trinajstić information content (AvgIpc) is 3.13. The molecule has 1 N–H and O–H groups in total. The molecule has 1 aromatic carbocycles. The van der Waals surface area contributed by atoms with Crippen LogP contribution in [-0.4, -0.2) is 47.9 Å². The molecule has 0 bridgehead atoms. The number of methoxy groups -OCH3 is 2. The zero-order chi connectivity index (χ0) is 18.7. The Bertz CT molecular complexity index is 785. The summed E-state index contributed by atoms with van der Waals surface area (Å²) in [5.41, 5.74) is 2.31. The van der Waals surface area contributed by atoms with Gasteiger partial charge in [0.2, 0.25) is 5.91 Å². The number of carbonyl (C=O) groups excluding carboxylic acids is 1. The quantitative estimate of drug-likeness (QED) is 0.859. The largest absolute Gasteiger partial charge is 0.493 e. The van der Waals surface area contributed by atoms with Crippen LogP contribution in [0.1, 0.15) is 31.0 Å². The Kier molecular flexibility index (Phi) is 5.35. The van der Waals surface area contributed by atoms with Crippen molar-refractivity contribution in [3.05, 3.63) is 35.5 Å². The van der Waals surface area contributed by atoms with Crippen LogP contribution >= 0.6 is 0 Å². The molecule has 26 heavy (non-hydrogen) atoms. The Labute approximate surface area is 153 Å². The van der Waals surface area contributed by atoms with Gasteiger partial charge in [-0.05, 0) is 43.5 Å². The van der Waals surface area contributed by atoms with E-state index in [0.717, 1.165) is 23.6 Å². The van der Waals surface area contributed by atoms with Crippen molar-refractivity contribution in [2.24, 2.45) is 0 Å². The summed E-state index contributed by atoms with van der Waals surface area (Å²) in [7, 11) is 3.26. The first-order valence-electron chi connectivity index (χ1n) is 8.82. The standard InChI is InChI=1S/C19H26N4O3/c1-13(2)23-8-6-18(21-23)20-11-19(24)22-7-5-14-9-16(25-3)17(26-4)10-15(14)12-22/h6,8-10,13H,5,7,11-12H2,1-4H3,(H,20,21). The minimum atomic E-state index is 0.0598. The average molecular weight is 358 g/mol. The third-order valence-corrected chi connectivity index (χ3v) is 4.63. The molecule has 3 rings (SSSR count). The van der Waals surface area contributed by atoms with Crippen molar-refractivity contribution in [1.29, 1.82) is 0 Å². The molecule has 1 aromatic heterocycles. The van der Waals surface area contributed by atoms with Crippen molar-refractivity contribution in [1.82, 2.24) is 14.7 Å². The Morgan fingerprint density at radius 1 is 1.23 bits per heavy atom. The second-order valence-corrected chi connectivity index (χ2v) is 6.67. The third-order valence-electron chi connectivity index (χ3n) is 4.63. The normalized spacial score (nSPS) is 13.5. The van der Waals surface area contributed by atoms with Crippen molar-refractivity contribution in [2.45, 2.75) is 32.9 Å². The summed E-state index contributed by atoms with van der Waals surface area (Å²) in [5.74, 6) is 2.20. The number of hydrogen-bond donors (Lipinski definition) is 1. The number of nitrogens with zero attached hydrogens (tertiary/aromatic N) is 3. The Morgan fingerprint density at radius 3 is 2.54 bits per heavy atom. The summed E-state index contributed by atoms with van der Waals surface area (Å²) in [6.07, 6.45) is 2.72. The molecule has 0 aliphatic carbocycles. The first kappa shape index (κ1) is 18.1. The van der Waals surface area contributed by atoms with Crippen LogP contribution in [0.25, 0.3) is 0 Å². The number of anilines is 1. The van der Waals surface area contributed by atoms with Gasteiger partial charge in [0.05, 0.1) is 20.8 Å². The lowest BCUT2D eigenvalue weighted by Crippen LogP contribution is -2.39. The monoisotopic (exact) mass is 358 g/mol. The molecule has 0 saturated heterocycles. The molecule has 2 heterocycles. The lowest BCUT2D eigenvalue weighted by Gasteiger charge is -2.29. The molecule has 1 aliphatic rings. The van der Waals surface area contributed by atoms with Crippen molar-refractivity contribution >= 4 is 11.7 Å². The summed E-state index contributed by atoms with van der Waals surface area (Å²) in [4.78, 5) is 14.4. The molecule has 0 radical (unpaired) electrons. The first-order chi connectivity index (χ1) is 12.5. The Balaban J connectivity index is 1.63. The third kappa shape index (κ3) is 3.76. The van der Waals surface area contributed by atoms with Crippen LogP contribution in [-0.2, 0) is 17.8 Å². The van der Waals surface area contributed by atoms with E-state index in [1.807, 2.05) is 34.0 Å². The van der Waals surface area contributed by atoms with E-state index in [9.17, 15) is 4.79 Å². The highest BCUT2D eigenvalue weighted by Gasteiger charge is 2.22. The van der Waals surface area contributed by atoms with E-state index in [2.05, 4.69) is 24.3 Å². The van der Waals surface area contributed by atoms with E-state index < -0.39 is 0 Å². The number of hydrogen-bond acceptors (Lipinski definition) is 5. The molecular formula is C19H26N4O3. The van der Waals surface area contributed by atoms with E-state index in [-0.39, 0.29) is 12.5 Å². The van der Waals surface area contributed by atoms with Gasteiger partial charge >= 0.3 is 0 Å². The van der Waals surface area contributed by atoms with Gasteiger partial charge in [0, 0.05) is 31.4 Å². The number of ether oxygens (including phenoxy) is 2. The summed E-state index contributed by atoms with van der Waals surface area (Å²) in [6, 6.07) is 6.15. The van der Waals surface area contributed by atoms with Gasteiger partial charge in [0.1, 0.15) is 5.82 Å². The van der Waals surface area contributed by atoms with Gasteiger partial charge < -0.3 is 19.7 Å². The van der Waals surface area contributed by atoms with E-state index in [4.69, 9.17) is 9.47 Å². The van der Waals surface area contributed by atoms with Crippen LogP contribution in [0.5, 0.6) is 11.5 Å². The Morgan fingerprint density at radius 2 is 1.92 bits per heavy atom. The van der Waals surface area contributed by atoms with Crippen LogP contribution in [0.4, 0.5) is 5.82 Å². The molecule has 7 nitrogen and oxygen atoms in total. The fourth-order valence-corrected chi connectivity index (χ4v) is 3.09. The van der Waals surface area contributed by atoms with E-state index in [1.165, 1.54) is 5.56 Å². The second-order valence-electron chi connectivity index (χ2n) is 6.67. The van der Waals surface area contributed by atoms with Crippen molar-refractivity contribution in [3.8, 4) is 11.5 Å². The van der Waals surface area contributed by atoms with Crippen LogP contribution in [0.3, 0.4) is 0 Å². The molecule has 1 aliphatic heterocycles. The molecular weight excluding hydrogens is 332 g/mol. The molecule has 1 amide bonds. The van der Waals surface area contributed by atoms with Crippen molar-refractivity contribution in [3.63, 3.8) is 0 Å². The second kappa shape index (κ2) is 7.68. The topological polar surface area (TPSA) is 68.6 Å². The van der Waals surface area contributed by atoms with Gasteiger partial charge in [-0.1, -0.05) is 0 Å². The van der Waals surface area contributed by atoms with E-state index >= 15 is 0 Å². The van der Waals surface area contributed by atoms with E-state index in [1.54, 1.807) is 14.2 Å². The zero-order valence-corrected chi connectivity index (χ0v) is 15.8. The predicted molar refractivity (Wildman–Crippen MR) is 99.8 cm³/mol. The first-order valence-corrected chi connectivity index (χ1v) is 8.82. The van der Waals surface area contributed by atoms with Gasteiger partial charge in [-0.3, -0.25) is 9.48 Å². The maximum absolute atomic E-state index is 12.6. The summed E-state index contributed by atoms with van der Waals surface area (Å²) < 4.78 is 12.6. The van der Waals surface area contributed by atoms with Crippen LogP contribution in [0.2, 0.25) is 0 Å². The maximum atomic E-state index is 12.6. The fourth-order valence-electron chi connectivity index (χ4n) is 3.09. The minimum absolute atomic E-state index is 0.0598. The van der Waals surface area contributed by atoms with Crippen LogP contribution in [0.15, 0.2) is 24.4 Å². The molecule has 0 fully saturated rings. The number of fused-ring (bicyclic) bond motifs is 1. The zero-order valence-electron chi connectivity index (χ0n) is 15.8. The molecule has 2 aromatic rings. The molecule has 0 unspecified atom stereocenters. The van der Waals surface area contributed by atoms with Crippen molar-refractivity contribution in [2.75, 3.05) is 32.6 Å². The lowest BCUT2D eigenvalue weighted by atomic mass is 9.98. The smallest absolute Gasteiger partial charge is 0.242 e. The highest BCUT2D eigenvalue weighted by molar-refractivity contribution is 5.81. The van der Waals surface area contributed by atoms with Gasteiger partial charge in [0.25, 0.3) is 0 Å². The molecule has 140 valence electrons. The molecule has 0 atom stereocenters. The molecule has 7 heteroatoms. The molecule has 0 spiro atoms. The SMILES string of the molecule is COc1cc2c(cc1OC)CN(C(=O)CNc1ccn(C(C)C)n1)CC2. The number of carbonyl (C=O) groups is 1. The summed E-state index contributed by atoms with van der Waals surface area (Å²) in [6.45, 7) is 5.64. The van der Waals surface area contributed by atoms with Gasteiger partial charge in [-0.15, -0.1) is 0 Å². The highest BCUT2D eigenvalue weighted by atomic mass is 16.5. The van der Waals surface area contributed by atoms with Crippen LogP contribution < -0.4 is 14.8 Å².